The van der Waals surface area contributed by atoms with Gasteiger partial charge in [-0.1, -0.05) is 17.6 Å². The minimum atomic E-state index is -3.64. The summed E-state index contributed by atoms with van der Waals surface area (Å²) in [4.78, 5) is 21.0. The summed E-state index contributed by atoms with van der Waals surface area (Å²) in [6.07, 6.45) is 6.99. The highest BCUT2D eigenvalue weighted by Crippen LogP contribution is 2.24. The molecule has 0 spiro atoms. The molecular weight excluding hydrogens is 444 g/mol. The van der Waals surface area contributed by atoms with E-state index in [2.05, 4.69) is 15.1 Å². The summed E-state index contributed by atoms with van der Waals surface area (Å²) in [6, 6.07) is 8.28. The molecule has 10 heteroatoms. The van der Waals surface area contributed by atoms with Crippen molar-refractivity contribution >= 4 is 16.0 Å². The van der Waals surface area contributed by atoms with Crippen molar-refractivity contribution in [1.82, 2.24) is 19.4 Å². The van der Waals surface area contributed by atoms with Gasteiger partial charge in [0.05, 0.1) is 17.1 Å². The second kappa shape index (κ2) is 10.2. The van der Waals surface area contributed by atoms with Crippen LogP contribution in [0.2, 0.25) is 0 Å². The van der Waals surface area contributed by atoms with Crippen molar-refractivity contribution in [1.29, 1.82) is 0 Å². The first-order chi connectivity index (χ1) is 15.9. The number of nitrogens with zero attached hydrogens (tertiary/aromatic N) is 4. The van der Waals surface area contributed by atoms with E-state index in [1.165, 1.54) is 10.4 Å². The molecule has 0 saturated carbocycles. The van der Waals surface area contributed by atoms with Gasteiger partial charge in [-0.3, -0.25) is 4.98 Å². The molecule has 1 aromatic carbocycles. The number of aromatic nitrogens is 3. The van der Waals surface area contributed by atoms with Crippen molar-refractivity contribution in [2.24, 2.45) is 0 Å². The maximum absolute atomic E-state index is 13.1. The molecular formula is C23H26N4O5S. The van der Waals surface area contributed by atoms with Gasteiger partial charge in [0.2, 0.25) is 21.7 Å². The van der Waals surface area contributed by atoms with Gasteiger partial charge < -0.3 is 9.26 Å². The molecule has 0 radical (unpaired) electrons. The molecule has 1 saturated heterocycles. The number of esters is 1. The third kappa shape index (κ3) is 5.45. The van der Waals surface area contributed by atoms with Crippen molar-refractivity contribution in [2.45, 2.75) is 43.9 Å². The molecule has 174 valence electrons. The maximum Gasteiger partial charge on any atom is 0.338 e. The zero-order valence-corrected chi connectivity index (χ0v) is 19.3. The number of pyridine rings is 1. The second-order valence-electron chi connectivity index (χ2n) is 7.94. The van der Waals surface area contributed by atoms with Crippen LogP contribution in [0.5, 0.6) is 0 Å². The Labute approximate surface area is 192 Å². The van der Waals surface area contributed by atoms with Crippen LogP contribution in [0.4, 0.5) is 0 Å². The molecule has 1 aliphatic heterocycles. The predicted octanol–water partition coefficient (Wildman–Crippen LogP) is 3.40. The van der Waals surface area contributed by atoms with E-state index >= 15 is 0 Å². The zero-order valence-electron chi connectivity index (χ0n) is 18.4. The molecule has 0 N–H and O–H groups in total. The Morgan fingerprint density at radius 3 is 2.76 bits per heavy atom. The van der Waals surface area contributed by atoms with Crippen LogP contribution in [0.15, 0.2) is 52.1 Å². The number of piperidine rings is 1. The summed E-state index contributed by atoms with van der Waals surface area (Å²) in [6.45, 7) is 2.89. The molecule has 33 heavy (non-hydrogen) atoms. The molecule has 0 aliphatic carbocycles. The summed E-state index contributed by atoms with van der Waals surface area (Å²) in [7, 11) is -3.64. The number of sulfonamides is 1. The topological polar surface area (TPSA) is 115 Å². The zero-order chi connectivity index (χ0) is 23.3. The van der Waals surface area contributed by atoms with Crippen molar-refractivity contribution < 1.29 is 22.5 Å². The van der Waals surface area contributed by atoms with Crippen LogP contribution in [0.25, 0.3) is 11.4 Å². The van der Waals surface area contributed by atoms with Gasteiger partial charge in [0.25, 0.3) is 0 Å². The number of ether oxygens (including phenoxy) is 1. The number of hydrogen-bond acceptors (Lipinski definition) is 8. The van der Waals surface area contributed by atoms with Crippen LogP contribution in [-0.4, -0.2) is 53.5 Å². The van der Waals surface area contributed by atoms with Crippen LogP contribution in [-0.2, 0) is 21.2 Å². The quantitative estimate of drug-likeness (QED) is 0.363. The standard InChI is InChI=1S/C23H26N4O5S/c1-17-9-10-18(15-20(17)33(29,30)27-12-3-2-4-13-27)23(28)31-14-6-8-21-25-22(26-32-21)19-7-5-11-24-16-19/h5,7,9-11,15-16H,2-4,6,8,12-14H2,1H3. The van der Waals surface area contributed by atoms with E-state index in [0.717, 1.165) is 24.8 Å². The van der Waals surface area contributed by atoms with Gasteiger partial charge in [-0.2, -0.15) is 9.29 Å². The number of carbonyl (C=O) groups excluding carboxylic acids is 1. The van der Waals surface area contributed by atoms with Gasteiger partial charge in [0.1, 0.15) is 0 Å². The molecule has 0 amide bonds. The van der Waals surface area contributed by atoms with Gasteiger partial charge in [-0.05, 0) is 56.0 Å². The SMILES string of the molecule is Cc1ccc(C(=O)OCCCc2nc(-c3cccnc3)no2)cc1S(=O)(=O)N1CCCCC1. The molecule has 0 bridgehead atoms. The number of hydrogen-bond donors (Lipinski definition) is 0. The van der Waals surface area contributed by atoms with E-state index in [4.69, 9.17) is 9.26 Å². The number of aryl methyl sites for hydroxylation is 2. The minimum Gasteiger partial charge on any atom is -0.462 e. The van der Waals surface area contributed by atoms with E-state index in [-0.39, 0.29) is 17.1 Å². The molecule has 0 atom stereocenters. The van der Waals surface area contributed by atoms with Gasteiger partial charge >= 0.3 is 5.97 Å². The molecule has 1 fully saturated rings. The van der Waals surface area contributed by atoms with Crippen LogP contribution in [0.3, 0.4) is 0 Å². The summed E-state index contributed by atoms with van der Waals surface area (Å²) >= 11 is 0. The Morgan fingerprint density at radius 2 is 2.00 bits per heavy atom. The summed E-state index contributed by atoms with van der Waals surface area (Å²) in [5.41, 5.74) is 1.58. The Hall–Kier alpha value is -3.11. The fraction of sp³-hybridized carbons (Fsp3) is 0.391. The van der Waals surface area contributed by atoms with Crippen molar-refractivity contribution in [3.8, 4) is 11.4 Å². The highest BCUT2D eigenvalue weighted by Gasteiger charge is 2.28. The Morgan fingerprint density at radius 1 is 1.18 bits per heavy atom. The van der Waals surface area contributed by atoms with Gasteiger partial charge in [0.15, 0.2) is 0 Å². The monoisotopic (exact) mass is 470 g/mol. The number of rotatable bonds is 8. The molecule has 3 heterocycles. The minimum absolute atomic E-state index is 0.144. The van der Waals surface area contributed by atoms with Gasteiger partial charge in [-0.15, -0.1) is 0 Å². The lowest BCUT2D eigenvalue weighted by molar-refractivity contribution is 0.0498. The fourth-order valence-electron chi connectivity index (χ4n) is 3.69. The summed E-state index contributed by atoms with van der Waals surface area (Å²) in [5, 5.41) is 3.93. The molecule has 2 aromatic heterocycles. The predicted molar refractivity (Wildman–Crippen MR) is 120 cm³/mol. The molecule has 3 aromatic rings. The first-order valence-corrected chi connectivity index (χ1v) is 12.4. The van der Waals surface area contributed by atoms with E-state index in [1.54, 1.807) is 37.5 Å². The van der Waals surface area contributed by atoms with Crippen molar-refractivity contribution in [2.75, 3.05) is 19.7 Å². The highest BCUT2D eigenvalue weighted by molar-refractivity contribution is 7.89. The molecule has 1 aliphatic rings. The Bertz CT molecular complexity index is 1200. The molecule has 9 nitrogen and oxygen atoms in total. The number of benzene rings is 1. The lowest BCUT2D eigenvalue weighted by Crippen LogP contribution is -2.36. The highest BCUT2D eigenvalue weighted by atomic mass is 32.2. The third-order valence-corrected chi connectivity index (χ3v) is 7.55. The Balaban J connectivity index is 1.33. The lowest BCUT2D eigenvalue weighted by atomic mass is 10.1. The first-order valence-electron chi connectivity index (χ1n) is 11.0. The summed E-state index contributed by atoms with van der Waals surface area (Å²) in [5.74, 6) is 0.332. The molecule has 0 unspecified atom stereocenters. The van der Waals surface area contributed by atoms with Crippen LogP contribution in [0, 0.1) is 6.92 Å². The normalized spacial score (nSPS) is 14.8. The largest absolute Gasteiger partial charge is 0.462 e. The van der Waals surface area contributed by atoms with Gasteiger partial charge in [0, 0.05) is 37.5 Å². The molecule has 4 rings (SSSR count). The third-order valence-electron chi connectivity index (χ3n) is 5.51. The van der Waals surface area contributed by atoms with Crippen LogP contribution in [0.1, 0.15) is 47.5 Å². The Kier molecular flexibility index (Phi) is 7.14. The average molecular weight is 471 g/mol. The number of carbonyl (C=O) groups is 1. The van der Waals surface area contributed by atoms with E-state index < -0.39 is 16.0 Å². The summed E-state index contributed by atoms with van der Waals surface area (Å²) < 4.78 is 38.2. The maximum atomic E-state index is 13.1. The van der Waals surface area contributed by atoms with Gasteiger partial charge in [-0.25, -0.2) is 13.2 Å². The second-order valence-corrected chi connectivity index (χ2v) is 9.84. The van der Waals surface area contributed by atoms with E-state index in [9.17, 15) is 13.2 Å². The van der Waals surface area contributed by atoms with E-state index in [0.29, 0.717) is 43.2 Å². The van der Waals surface area contributed by atoms with E-state index in [1.807, 2.05) is 6.07 Å². The van der Waals surface area contributed by atoms with Crippen molar-refractivity contribution in [3.05, 3.63) is 59.7 Å². The first kappa shape index (κ1) is 23.1. The fourth-order valence-corrected chi connectivity index (χ4v) is 5.46. The smallest absolute Gasteiger partial charge is 0.338 e. The van der Waals surface area contributed by atoms with Crippen LogP contribution >= 0.6 is 0 Å². The average Bonchev–Trinajstić information content (AvgIpc) is 3.32. The van der Waals surface area contributed by atoms with Crippen molar-refractivity contribution in [3.63, 3.8) is 0 Å². The van der Waals surface area contributed by atoms with Crippen LogP contribution < -0.4 is 0 Å². The lowest BCUT2D eigenvalue weighted by Gasteiger charge is -2.26.